The number of hydrogen-bond acceptors (Lipinski definition) is 6. The molecule has 9 heteroatoms. The van der Waals surface area contributed by atoms with Gasteiger partial charge in [0.2, 0.25) is 11.8 Å². The Morgan fingerprint density at radius 2 is 2.07 bits per heavy atom. The van der Waals surface area contributed by atoms with E-state index in [1.807, 2.05) is 18.7 Å². The smallest absolute Gasteiger partial charge is 0.338 e. The molecule has 0 aromatic heterocycles. The maximum absolute atomic E-state index is 12.2. The third-order valence-corrected chi connectivity index (χ3v) is 4.59. The van der Waals surface area contributed by atoms with Gasteiger partial charge in [0.25, 0.3) is 5.91 Å². The Morgan fingerprint density at radius 3 is 2.82 bits per heavy atom. The maximum atomic E-state index is 12.2. The summed E-state index contributed by atoms with van der Waals surface area (Å²) in [6.45, 7) is 3.75. The molecular formula is C19H24N4O5. The molecule has 9 nitrogen and oxygen atoms in total. The number of nitrogens with zero attached hydrogens (tertiary/aromatic N) is 1. The lowest BCUT2D eigenvalue weighted by Crippen LogP contribution is -2.43. The minimum absolute atomic E-state index is 0.0254. The lowest BCUT2D eigenvalue weighted by molar-refractivity contribution is -0.128. The Balaban J connectivity index is 1.54. The summed E-state index contributed by atoms with van der Waals surface area (Å²) in [5.74, 6) is -1.64. The zero-order valence-electron chi connectivity index (χ0n) is 15.9. The summed E-state index contributed by atoms with van der Waals surface area (Å²) in [5.41, 5.74) is 1.68. The van der Waals surface area contributed by atoms with E-state index in [0.717, 1.165) is 25.1 Å². The maximum Gasteiger partial charge on any atom is 0.338 e. The van der Waals surface area contributed by atoms with Crippen LogP contribution in [-0.2, 0) is 19.1 Å². The fourth-order valence-corrected chi connectivity index (χ4v) is 3.37. The number of carbonyl (C=O) groups excluding carboxylic acids is 4. The van der Waals surface area contributed by atoms with Gasteiger partial charge in [-0.25, -0.2) is 4.79 Å². The number of fused-ring (bicyclic) bond motifs is 3. The second-order valence-electron chi connectivity index (χ2n) is 7.15. The Labute approximate surface area is 162 Å². The number of rotatable bonds is 6. The Hall–Kier alpha value is -3.10. The summed E-state index contributed by atoms with van der Waals surface area (Å²) in [5, 5.41) is 7.85. The SMILES string of the molecule is CC(C)NC(=O)CNC(=O)COC(=O)c1ccc2c(c1)NC(=O)[C@@H]1CCCN21. The molecule has 0 radical (unpaired) electrons. The van der Waals surface area contributed by atoms with E-state index in [4.69, 9.17) is 4.74 Å². The normalized spacial score (nSPS) is 17.5. The van der Waals surface area contributed by atoms with Gasteiger partial charge in [0.05, 0.1) is 23.5 Å². The molecule has 150 valence electrons. The molecule has 0 spiro atoms. The Kier molecular flexibility index (Phi) is 5.81. The van der Waals surface area contributed by atoms with E-state index < -0.39 is 18.5 Å². The van der Waals surface area contributed by atoms with Crippen LogP contribution in [-0.4, -0.2) is 55.5 Å². The Morgan fingerprint density at radius 1 is 1.29 bits per heavy atom. The second kappa shape index (κ2) is 8.28. The number of carbonyl (C=O) groups is 4. The van der Waals surface area contributed by atoms with Gasteiger partial charge in [-0.05, 0) is 44.9 Å². The van der Waals surface area contributed by atoms with Gasteiger partial charge in [-0.2, -0.15) is 0 Å². The third kappa shape index (κ3) is 4.41. The largest absolute Gasteiger partial charge is 0.452 e. The molecule has 0 aliphatic carbocycles. The molecule has 2 aliphatic heterocycles. The summed E-state index contributed by atoms with van der Waals surface area (Å²) in [6, 6.07) is 4.77. The molecule has 1 fully saturated rings. The zero-order chi connectivity index (χ0) is 20.3. The molecule has 0 saturated carbocycles. The molecule has 2 heterocycles. The quantitative estimate of drug-likeness (QED) is 0.608. The molecule has 2 aliphatic rings. The molecule has 1 aromatic carbocycles. The van der Waals surface area contributed by atoms with Gasteiger partial charge >= 0.3 is 5.97 Å². The predicted octanol–water partition coefficient (Wildman–Crippen LogP) is 0.405. The first-order valence-corrected chi connectivity index (χ1v) is 9.30. The molecule has 0 unspecified atom stereocenters. The molecule has 3 N–H and O–H groups in total. The molecule has 28 heavy (non-hydrogen) atoms. The number of hydrogen-bond donors (Lipinski definition) is 3. The van der Waals surface area contributed by atoms with Crippen LogP contribution in [0, 0.1) is 0 Å². The van der Waals surface area contributed by atoms with Gasteiger partial charge in [-0.15, -0.1) is 0 Å². The highest BCUT2D eigenvalue weighted by molar-refractivity contribution is 6.05. The molecule has 3 rings (SSSR count). The van der Waals surface area contributed by atoms with Crippen LogP contribution in [0.4, 0.5) is 11.4 Å². The van der Waals surface area contributed by atoms with E-state index in [-0.39, 0.29) is 36.0 Å². The van der Waals surface area contributed by atoms with E-state index in [1.165, 1.54) is 0 Å². The van der Waals surface area contributed by atoms with Crippen LogP contribution in [0.5, 0.6) is 0 Å². The van der Waals surface area contributed by atoms with Crippen LogP contribution in [0.3, 0.4) is 0 Å². The molecule has 1 atom stereocenters. The lowest BCUT2D eigenvalue weighted by Gasteiger charge is -2.33. The first-order valence-electron chi connectivity index (χ1n) is 9.30. The van der Waals surface area contributed by atoms with E-state index in [1.54, 1.807) is 18.2 Å². The lowest BCUT2D eigenvalue weighted by atomic mass is 10.1. The molecular weight excluding hydrogens is 364 g/mol. The fraction of sp³-hybridized carbons (Fsp3) is 0.474. The number of anilines is 2. The minimum Gasteiger partial charge on any atom is -0.452 e. The second-order valence-corrected chi connectivity index (χ2v) is 7.15. The number of esters is 1. The first kappa shape index (κ1) is 19.7. The van der Waals surface area contributed by atoms with Crippen molar-refractivity contribution in [2.45, 2.75) is 38.8 Å². The highest BCUT2D eigenvalue weighted by Gasteiger charge is 2.36. The van der Waals surface area contributed by atoms with Crippen LogP contribution in [0.25, 0.3) is 0 Å². The van der Waals surface area contributed by atoms with Crippen molar-refractivity contribution in [3.63, 3.8) is 0 Å². The number of ether oxygens (including phenoxy) is 1. The zero-order valence-corrected chi connectivity index (χ0v) is 15.9. The van der Waals surface area contributed by atoms with Gasteiger partial charge in [-0.3, -0.25) is 14.4 Å². The predicted molar refractivity (Wildman–Crippen MR) is 102 cm³/mol. The summed E-state index contributed by atoms with van der Waals surface area (Å²) in [4.78, 5) is 49.7. The van der Waals surface area contributed by atoms with Crippen molar-refractivity contribution in [3.8, 4) is 0 Å². The molecule has 0 bridgehead atoms. The molecule has 1 saturated heterocycles. The van der Waals surface area contributed by atoms with Gasteiger partial charge in [0, 0.05) is 12.6 Å². The monoisotopic (exact) mass is 388 g/mol. The van der Waals surface area contributed by atoms with Crippen molar-refractivity contribution in [1.82, 2.24) is 10.6 Å². The van der Waals surface area contributed by atoms with Crippen LogP contribution >= 0.6 is 0 Å². The van der Waals surface area contributed by atoms with Crippen LogP contribution in [0.1, 0.15) is 37.0 Å². The summed E-state index contributed by atoms with van der Waals surface area (Å²) >= 11 is 0. The number of benzene rings is 1. The standard InChI is InChI=1S/C19H24N4O5/c1-11(2)21-16(24)9-20-17(25)10-28-19(27)12-5-6-14-13(8-12)22-18(26)15-4-3-7-23(14)15/h5-6,8,11,15H,3-4,7,9-10H2,1-2H3,(H,20,25)(H,21,24)(H,22,26)/t15-/m0/s1. The highest BCUT2D eigenvalue weighted by Crippen LogP contribution is 2.37. The average molecular weight is 388 g/mol. The Bertz CT molecular complexity index is 808. The van der Waals surface area contributed by atoms with E-state index in [9.17, 15) is 19.2 Å². The van der Waals surface area contributed by atoms with E-state index >= 15 is 0 Å². The van der Waals surface area contributed by atoms with Gasteiger partial charge < -0.3 is 25.6 Å². The molecule has 1 aromatic rings. The fourth-order valence-electron chi connectivity index (χ4n) is 3.37. The van der Waals surface area contributed by atoms with Crippen LogP contribution < -0.4 is 20.9 Å². The summed E-state index contributed by atoms with van der Waals surface area (Å²) < 4.78 is 5.00. The van der Waals surface area contributed by atoms with Gasteiger partial charge in [0.15, 0.2) is 6.61 Å². The van der Waals surface area contributed by atoms with Crippen molar-refractivity contribution in [2.24, 2.45) is 0 Å². The topological polar surface area (TPSA) is 117 Å². The van der Waals surface area contributed by atoms with Crippen molar-refractivity contribution in [3.05, 3.63) is 23.8 Å². The molecule has 3 amide bonds. The number of nitrogens with one attached hydrogen (secondary N) is 3. The van der Waals surface area contributed by atoms with Crippen molar-refractivity contribution in [1.29, 1.82) is 0 Å². The van der Waals surface area contributed by atoms with Crippen LogP contribution in [0.2, 0.25) is 0 Å². The van der Waals surface area contributed by atoms with Crippen molar-refractivity contribution in [2.75, 3.05) is 29.9 Å². The first-order chi connectivity index (χ1) is 13.3. The van der Waals surface area contributed by atoms with Crippen LogP contribution in [0.15, 0.2) is 18.2 Å². The van der Waals surface area contributed by atoms with Crippen molar-refractivity contribution >= 4 is 35.1 Å². The minimum atomic E-state index is -0.678. The van der Waals surface area contributed by atoms with E-state index in [0.29, 0.717) is 5.69 Å². The third-order valence-electron chi connectivity index (χ3n) is 4.59. The van der Waals surface area contributed by atoms with Gasteiger partial charge in [-0.1, -0.05) is 0 Å². The number of amides is 3. The summed E-state index contributed by atoms with van der Waals surface area (Å²) in [6.07, 6.45) is 1.77. The summed E-state index contributed by atoms with van der Waals surface area (Å²) in [7, 11) is 0. The van der Waals surface area contributed by atoms with Gasteiger partial charge in [0.1, 0.15) is 6.04 Å². The average Bonchev–Trinajstić information content (AvgIpc) is 3.14. The van der Waals surface area contributed by atoms with Crippen molar-refractivity contribution < 1.29 is 23.9 Å². The van der Waals surface area contributed by atoms with E-state index in [2.05, 4.69) is 16.0 Å². The highest BCUT2D eigenvalue weighted by atomic mass is 16.5.